The zero-order valence-electron chi connectivity index (χ0n) is 12.4. The second-order valence-corrected chi connectivity index (χ2v) is 7.65. The molecular formula is C17H32. The van der Waals surface area contributed by atoms with E-state index in [1.54, 1.807) is 6.42 Å². The van der Waals surface area contributed by atoms with Crippen molar-refractivity contribution in [1.82, 2.24) is 0 Å². The molecule has 2 aliphatic carbocycles. The van der Waals surface area contributed by atoms with E-state index in [1.807, 2.05) is 0 Å². The molecule has 0 spiro atoms. The molecule has 5 unspecified atom stereocenters. The Kier molecular flexibility index (Phi) is 4.55. The van der Waals surface area contributed by atoms with Gasteiger partial charge in [0.05, 0.1) is 0 Å². The molecule has 17 heavy (non-hydrogen) atoms. The van der Waals surface area contributed by atoms with E-state index in [1.165, 1.54) is 38.5 Å². The summed E-state index contributed by atoms with van der Waals surface area (Å²) >= 11 is 0. The van der Waals surface area contributed by atoms with Crippen molar-refractivity contribution < 1.29 is 0 Å². The lowest BCUT2D eigenvalue weighted by molar-refractivity contribution is 0.141. The molecule has 0 saturated heterocycles. The Hall–Kier alpha value is 0. The molecule has 0 nitrogen and oxygen atoms in total. The number of hydrogen-bond donors (Lipinski definition) is 0. The molecule has 0 aromatic heterocycles. The topological polar surface area (TPSA) is 0 Å². The van der Waals surface area contributed by atoms with Gasteiger partial charge in [0.2, 0.25) is 0 Å². The Labute approximate surface area is 109 Å². The SMILES string of the molecule is CC1CC(C)CC(CC2CCC(C)C(C)C2)C1. The Morgan fingerprint density at radius 2 is 1.29 bits per heavy atom. The van der Waals surface area contributed by atoms with Gasteiger partial charge in [0.15, 0.2) is 0 Å². The van der Waals surface area contributed by atoms with Crippen LogP contribution >= 0.6 is 0 Å². The van der Waals surface area contributed by atoms with E-state index >= 15 is 0 Å². The molecule has 0 heteroatoms. The fraction of sp³-hybridized carbons (Fsp3) is 1.00. The summed E-state index contributed by atoms with van der Waals surface area (Å²) in [5, 5.41) is 0. The van der Waals surface area contributed by atoms with Gasteiger partial charge in [0, 0.05) is 0 Å². The molecule has 5 atom stereocenters. The van der Waals surface area contributed by atoms with Crippen LogP contribution in [0.1, 0.15) is 72.6 Å². The second-order valence-electron chi connectivity index (χ2n) is 7.65. The summed E-state index contributed by atoms with van der Waals surface area (Å²) in [4.78, 5) is 0. The van der Waals surface area contributed by atoms with Crippen LogP contribution in [0.5, 0.6) is 0 Å². The molecule has 2 rings (SSSR count). The fourth-order valence-electron chi connectivity index (χ4n) is 4.65. The zero-order valence-corrected chi connectivity index (χ0v) is 12.4. The summed E-state index contributed by atoms with van der Waals surface area (Å²) in [6, 6.07) is 0. The van der Waals surface area contributed by atoms with Crippen molar-refractivity contribution in [1.29, 1.82) is 0 Å². The van der Waals surface area contributed by atoms with Crippen LogP contribution in [0.2, 0.25) is 0 Å². The highest BCUT2D eigenvalue weighted by Gasteiger charge is 2.29. The molecule has 0 bridgehead atoms. The van der Waals surface area contributed by atoms with Crippen molar-refractivity contribution in [3.05, 3.63) is 0 Å². The van der Waals surface area contributed by atoms with E-state index in [4.69, 9.17) is 0 Å². The van der Waals surface area contributed by atoms with Gasteiger partial charge in [-0.2, -0.15) is 0 Å². The third kappa shape index (κ3) is 3.73. The van der Waals surface area contributed by atoms with Gasteiger partial charge in [0.25, 0.3) is 0 Å². The highest BCUT2D eigenvalue weighted by molar-refractivity contribution is 4.81. The first kappa shape index (κ1) is 13.4. The molecule has 2 aliphatic rings. The minimum atomic E-state index is 0.979. The minimum Gasteiger partial charge on any atom is -0.0625 e. The Bertz CT molecular complexity index is 222. The molecule has 0 aromatic rings. The van der Waals surface area contributed by atoms with Crippen molar-refractivity contribution in [2.24, 2.45) is 35.5 Å². The number of hydrogen-bond acceptors (Lipinski definition) is 0. The van der Waals surface area contributed by atoms with E-state index in [-0.39, 0.29) is 0 Å². The third-order valence-electron chi connectivity index (χ3n) is 5.65. The van der Waals surface area contributed by atoms with E-state index < -0.39 is 0 Å². The molecular weight excluding hydrogens is 204 g/mol. The van der Waals surface area contributed by atoms with Gasteiger partial charge >= 0.3 is 0 Å². The maximum atomic E-state index is 2.48. The van der Waals surface area contributed by atoms with Crippen LogP contribution in [-0.4, -0.2) is 0 Å². The predicted octanol–water partition coefficient (Wildman–Crippen LogP) is 5.52. The summed E-state index contributed by atoms with van der Waals surface area (Å²) in [5.41, 5.74) is 0. The second kappa shape index (κ2) is 5.76. The minimum absolute atomic E-state index is 0.979. The standard InChI is InChI=1S/C17H32/c1-12-7-13(2)9-17(8-12)11-16-6-5-14(3)15(4)10-16/h12-17H,5-11H2,1-4H3. The lowest BCUT2D eigenvalue weighted by Gasteiger charge is -2.37. The molecule has 0 heterocycles. The average molecular weight is 236 g/mol. The van der Waals surface area contributed by atoms with Crippen molar-refractivity contribution in [3.63, 3.8) is 0 Å². The van der Waals surface area contributed by atoms with Gasteiger partial charge in [-0.25, -0.2) is 0 Å². The summed E-state index contributed by atoms with van der Waals surface area (Å²) in [5.74, 6) is 6.05. The summed E-state index contributed by atoms with van der Waals surface area (Å²) in [6.45, 7) is 9.86. The van der Waals surface area contributed by atoms with Gasteiger partial charge in [-0.3, -0.25) is 0 Å². The van der Waals surface area contributed by atoms with Gasteiger partial charge in [-0.1, -0.05) is 40.5 Å². The van der Waals surface area contributed by atoms with Crippen molar-refractivity contribution >= 4 is 0 Å². The Morgan fingerprint density at radius 3 is 1.88 bits per heavy atom. The van der Waals surface area contributed by atoms with E-state index in [0.717, 1.165) is 35.5 Å². The lowest BCUT2D eigenvalue weighted by Crippen LogP contribution is -2.26. The van der Waals surface area contributed by atoms with Crippen LogP contribution in [0.15, 0.2) is 0 Å². The molecule has 100 valence electrons. The summed E-state index contributed by atoms with van der Waals surface area (Å²) in [6.07, 6.45) is 10.6. The summed E-state index contributed by atoms with van der Waals surface area (Å²) in [7, 11) is 0. The number of rotatable bonds is 2. The van der Waals surface area contributed by atoms with E-state index in [2.05, 4.69) is 27.7 Å². The van der Waals surface area contributed by atoms with Crippen molar-refractivity contribution in [2.45, 2.75) is 72.6 Å². The van der Waals surface area contributed by atoms with Gasteiger partial charge < -0.3 is 0 Å². The highest BCUT2D eigenvalue weighted by atomic mass is 14.4. The maximum Gasteiger partial charge on any atom is -0.0407 e. The maximum absolute atomic E-state index is 2.48. The Balaban J connectivity index is 1.80. The molecule has 0 N–H and O–H groups in total. The normalized spacial score (nSPS) is 48.0. The van der Waals surface area contributed by atoms with Gasteiger partial charge in [-0.15, -0.1) is 0 Å². The lowest BCUT2D eigenvalue weighted by atomic mass is 9.68. The summed E-state index contributed by atoms with van der Waals surface area (Å²) < 4.78 is 0. The fourth-order valence-corrected chi connectivity index (χ4v) is 4.65. The largest absolute Gasteiger partial charge is 0.0625 e. The smallest absolute Gasteiger partial charge is 0.0407 e. The molecule has 0 aromatic carbocycles. The van der Waals surface area contributed by atoms with Crippen LogP contribution in [0, 0.1) is 35.5 Å². The van der Waals surface area contributed by atoms with Gasteiger partial charge in [0.1, 0.15) is 0 Å². The predicted molar refractivity (Wildman–Crippen MR) is 76.0 cm³/mol. The first-order valence-electron chi connectivity index (χ1n) is 8.04. The van der Waals surface area contributed by atoms with Crippen LogP contribution in [0.3, 0.4) is 0 Å². The third-order valence-corrected chi connectivity index (χ3v) is 5.65. The van der Waals surface area contributed by atoms with Gasteiger partial charge in [-0.05, 0) is 67.6 Å². The Morgan fingerprint density at radius 1 is 0.647 bits per heavy atom. The van der Waals surface area contributed by atoms with Crippen molar-refractivity contribution in [2.75, 3.05) is 0 Å². The van der Waals surface area contributed by atoms with Crippen LogP contribution in [0.4, 0.5) is 0 Å². The molecule has 0 amide bonds. The van der Waals surface area contributed by atoms with Crippen molar-refractivity contribution in [3.8, 4) is 0 Å². The first-order valence-corrected chi connectivity index (χ1v) is 8.04. The van der Waals surface area contributed by atoms with Crippen LogP contribution < -0.4 is 0 Å². The molecule has 2 fully saturated rings. The quantitative estimate of drug-likeness (QED) is 0.592. The zero-order chi connectivity index (χ0) is 12.4. The molecule has 0 aliphatic heterocycles. The monoisotopic (exact) mass is 236 g/mol. The van der Waals surface area contributed by atoms with E-state index in [0.29, 0.717) is 0 Å². The molecule has 0 radical (unpaired) electrons. The van der Waals surface area contributed by atoms with Crippen LogP contribution in [0.25, 0.3) is 0 Å². The molecule has 2 saturated carbocycles. The first-order chi connectivity index (χ1) is 8.04. The van der Waals surface area contributed by atoms with Crippen LogP contribution in [-0.2, 0) is 0 Å². The average Bonchev–Trinajstić information content (AvgIpc) is 2.22. The van der Waals surface area contributed by atoms with E-state index in [9.17, 15) is 0 Å². The highest BCUT2D eigenvalue weighted by Crippen LogP contribution is 2.41.